The van der Waals surface area contributed by atoms with E-state index < -0.39 is 6.17 Å². The molecule has 0 bridgehead atoms. The Balaban J connectivity index is 1.41. The molecule has 2 aliphatic heterocycles. The van der Waals surface area contributed by atoms with Crippen LogP contribution in [0.15, 0.2) is 36.7 Å². The number of pyridine rings is 1. The molecule has 2 atom stereocenters. The van der Waals surface area contributed by atoms with Crippen LogP contribution in [0.3, 0.4) is 0 Å². The van der Waals surface area contributed by atoms with Crippen molar-refractivity contribution < 1.29 is 9.13 Å². The average molecular weight is 532 g/mol. The Kier molecular flexibility index (Phi) is 7.12. The first kappa shape index (κ1) is 26.0. The number of fused-ring (bicyclic) bond motifs is 1. The summed E-state index contributed by atoms with van der Waals surface area (Å²) in [6.45, 7) is 6.92. The SMILES string of the molecule is CCc1cc(-c2ccnn2C)c2nc(N3CCC(N[C@@H]4CCOC[C@@H]4F)CC3)c(-c3ccn(C)n3)c(C)c2c1. The fraction of sp³-hybridized carbons (Fsp3) is 0.500. The van der Waals surface area contributed by atoms with Crippen molar-refractivity contribution in [2.75, 3.05) is 31.2 Å². The highest BCUT2D eigenvalue weighted by atomic mass is 19.1. The van der Waals surface area contributed by atoms with Gasteiger partial charge in [0, 0.05) is 74.8 Å². The van der Waals surface area contributed by atoms with E-state index in [0.717, 1.165) is 78.0 Å². The molecule has 206 valence electrons. The maximum Gasteiger partial charge on any atom is 0.139 e. The number of aromatic nitrogens is 5. The minimum atomic E-state index is -0.934. The number of alkyl halides is 1. The first-order chi connectivity index (χ1) is 18.9. The number of piperidine rings is 1. The van der Waals surface area contributed by atoms with Gasteiger partial charge in [0.1, 0.15) is 12.0 Å². The molecule has 3 aromatic heterocycles. The molecule has 0 amide bonds. The van der Waals surface area contributed by atoms with Crippen molar-refractivity contribution in [3.8, 4) is 22.5 Å². The van der Waals surface area contributed by atoms with Crippen molar-refractivity contribution in [3.63, 3.8) is 0 Å². The molecular weight excluding hydrogens is 493 g/mol. The van der Waals surface area contributed by atoms with Crippen LogP contribution in [0.2, 0.25) is 0 Å². The summed E-state index contributed by atoms with van der Waals surface area (Å²) < 4.78 is 23.5. The summed E-state index contributed by atoms with van der Waals surface area (Å²) in [7, 11) is 3.93. The van der Waals surface area contributed by atoms with Crippen molar-refractivity contribution in [1.29, 1.82) is 0 Å². The average Bonchev–Trinajstić information content (AvgIpc) is 3.57. The predicted octanol–water partition coefficient (Wildman–Crippen LogP) is 4.59. The van der Waals surface area contributed by atoms with Crippen molar-refractivity contribution in [3.05, 3.63) is 47.8 Å². The van der Waals surface area contributed by atoms with Gasteiger partial charge in [-0.25, -0.2) is 9.37 Å². The largest absolute Gasteiger partial charge is 0.378 e. The fourth-order valence-corrected chi connectivity index (χ4v) is 6.14. The van der Waals surface area contributed by atoms with Crippen LogP contribution >= 0.6 is 0 Å². The second kappa shape index (κ2) is 10.7. The minimum Gasteiger partial charge on any atom is -0.378 e. The minimum absolute atomic E-state index is 0.116. The first-order valence-electron chi connectivity index (χ1n) is 14.1. The Morgan fingerprint density at radius 1 is 1.13 bits per heavy atom. The van der Waals surface area contributed by atoms with Crippen LogP contribution < -0.4 is 10.2 Å². The molecule has 2 aliphatic rings. The molecule has 1 aromatic carbocycles. The number of benzene rings is 1. The van der Waals surface area contributed by atoms with Crippen LogP contribution in [0.1, 0.15) is 37.3 Å². The lowest BCUT2D eigenvalue weighted by molar-refractivity contribution is 0.0101. The highest BCUT2D eigenvalue weighted by molar-refractivity contribution is 6.01. The lowest BCUT2D eigenvalue weighted by atomic mass is 9.94. The van der Waals surface area contributed by atoms with Gasteiger partial charge in [-0.15, -0.1) is 0 Å². The Morgan fingerprint density at radius 2 is 1.95 bits per heavy atom. The quantitative estimate of drug-likeness (QED) is 0.392. The zero-order valence-corrected chi connectivity index (χ0v) is 23.3. The van der Waals surface area contributed by atoms with E-state index in [4.69, 9.17) is 14.8 Å². The van der Waals surface area contributed by atoms with Crippen molar-refractivity contribution >= 4 is 16.7 Å². The van der Waals surface area contributed by atoms with E-state index in [0.29, 0.717) is 12.6 Å². The molecule has 8 nitrogen and oxygen atoms in total. The molecule has 0 unspecified atom stereocenters. The predicted molar refractivity (Wildman–Crippen MR) is 153 cm³/mol. The molecule has 6 rings (SSSR count). The first-order valence-corrected chi connectivity index (χ1v) is 14.1. The summed E-state index contributed by atoms with van der Waals surface area (Å²) in [5.74, 6) is 0.972. The van der Waals surface area contributed by atoms with Gasteiger partial charge in [-0.1, -0.05) is 6.92 Å². The van der Waals surface area contributed by atoms with E-state index in [1.807, 2.05) is 35.9 Å². The molecule has 9 heteroatoms. The highest BCUT2D eigenvalue weighted by Crippen LogP contribution is 2.40. The monoisotopic (exact) mass is 531 g/mol. The summed E-state index contributed by atoms with van der Waals surface area (Å²) >= 11 is 0. The number of ether oxygens (including phenoxy) is 1. The molecule has 0 spiro atoms. The third kappa shape index (κ3) is 4.94. The molecule has 1 N–H and O–H groups in total. The Labute approximate surface area is 229 Å². The van der Waals surface area contributed by atoms with E-state index in [-0.39, 0.29) is 12.6 Å². The zero-order valence-electron chi connectivity index (χ0n) is 23.3. The van der Waals surface area contributed by atoms with Gasteiger partial charge in [0.2, 0.25) is 0 Å². The standard InChI is InChI=1S/C30H38FN7O/c1-5-20-16-22-19(2)28(26-9-12-36(3)35-26)30(34-29(22)23(17-20)27-6-11-32-37(27)4)38-13-7-21(8-14-38)33-25-10-15-39-18-24(25)31/h6,9,11-12,16-17,21,24-25,33H,5,7-8,10,13-15,18H2,1-4H3/t24-,25+/m0/s1. The molecule has 2 fully saturated rings. The zero-order chi connectivity index (χ0) is 27.1. The van der Waals surface area contributed by atoms with Gasteiger partial charge in [0.05, 0.1) is 23.5 Å². The molecular formula is C30H38FN7O. The van der Waals surface area contributed by atoms with Crippen LogP contribution in [0.5, 0.6) is 0 Å². The molecule has 39 heavy (non-hydrogen) atoms. The normalized spacial score (nSPS) is 20.7. The third-order valence-electron chi connectivity index (χ3n) is 8.40. The van der Waals surface area contributed by atoms with Gasteiger partial charge in [0.25, 0.3) is 0 Å². The van der Waals surface area contributed by atoms with Gasteiger partial charge in [-0.2, -0.15) is 10.2 Å². The van der Waals surface area contributed by atoms with E-state index >= 15 is 0 Å². The van der Waals surface area contributed by atoms with Gasteiger partial charge in [0.15, 0.2) is 0 Å². The van der Waals surface area contributed by atoms with Crippen molar-refractivity contribution in [1.82, 2.24) is 29.9 Å². The maximum absolute atomic E-state index is 14.4. The van der Waals surface area contributed by atoms with Crippen LogP contribution in [-0.4, -0.2) is 69.1 Å². The van der Waals surface area contributed by atoms with Crippen LogP contribution in [-0.2, 0) is 25.3 Å². The summed E-state index contributed by atoms with van der Waals surface area (Å²) in [5, 5.41) is 14.0. The van der Waals surface area contributed by atoms with Gasteiger partial charge in [-0.3, -0.25) is 9.36 Å². The topological polar surface area (TPSA) is 73.0 Å². The molecule has 0 saturated carbocycles. The van der Waals surface area contributed by atoms with E-state index in [1.54, 1.807) is 0 Å². The van der Waals surface area contributed by atoms with Crippen LogP contribution in [0, 0.1) is 6.92 Å². The molecule has 0 radical (unpaired) electrons. The van der Waals surface area contributed by atoms with Crippen molar-refractivity contribution in [2.24, 2.45) is 14.1 Å². The van der Waals surface area contributed by atoms with Crippen LogP contribution in [0.25, 0.3) is 33.4 Å². The number of hydrogen-bond donors (Lipinski definition) is 1. The number of nitrogens with one attached hydrogen (secondary N) is 1. The third-order valence-corrected chi connectivity index (χ3v) is 8.40. The van der Waals surface area contributed by atoms with Gasteiger partial charge < -0.3 is 15.0 Å². The Morgan fingerprint density at radius 3 is 2.62 bits per heavy atom. The summed E-state index contributed by atoms with van der Waals surface area (Å²) in [4.78, 5) is 7.80. The number of nitrogens with zero attached hydrogens (tertiary/aromatic N) is 6. The number of hydrogen-bond acceptors (Lipinski definition) is 6. The maximum atomic E-state index is 14.4. The highest BCUT2D eigenvalue weighted by Gasteiger charge is 2.31. The lowest BCUT2D eigenvalue weighted by Gasteiger charge is -2.37. The number of aryl methyl sites for hydroxylation is 4. The smallest absolute Gasteiger partial charge is 0.139 e. The van der Waals surface area contributed by atoms with Gasteiger partial charge >= 0.3 is 0 Å². The fourth-order valence-electron chi connectivity index (χ4n) is 6.14. The molecule has 4 aromatic rings. The van der Waals surface area contributed by atoms with Crippen LogP contribution in [0.4, 0.5) is 10.2 Å². The second-order valence-corrected chi connectivity index (χ2v) is 11.0. The lowest BCUT2D eigenvalue weighted by Crippen LogP contribution is -2.52. The van der Waals surface area contributed by atoms with E-state index in [9.17, 15) is 4.39 Å². The van der Waals surface area contributed by atoms with Crippen molar-refractivity contribution in [2.45, 2.75) is 57.8 Å². The summed E-state index contributed by atoms with van der Waals surface area (Å²) in [6.07, 6.45) is 6.44. The molecule has 2 saturated heterocycles. The Bertz CT molecular complexity index is 1470. The number of anilines is 1. The molecule has 0 aliphatic carbocycles. The van der Waals surface area contributed by atoms with E-state index in [1.165, 1.54) is 11.1 Å². The molecule has 5 heterocycles. The number of rotatable bonds is 6. The number of halogens is 1. The second-order valence-electron chi connectivity index (χ2n) is 11.0. The Hall–Kier alpha value is -3.30. The van der Waals surface area contributed by atoms with Gasteiger partial charge in [-0.05, 0) is 68.0 Å². The summed E-state index contributed by atoms with van der Waals surface area (Å²) in [6, 6.07) is 8.85. The summed E-state index contributed by atoms with van der Waals surface area (Å²) in [5.41, 5.74) is 7.64. The van der Waals surface area contributed by atoms with E-state index in [2.05, 4.69) is 53.4 Å².